The zero-order valence-electron chi connectivity index (χ0n) is 22.2. The third-order valence-corrected chi connectivity index (χ3v) is 8.16. The minimum absolute atomic E-state index is 0.0238. The van der Waals surface area contributed by atoms with Crippen molar-refractivity contribution in [3.63, 3.8) is 0 Å². The number of aromatic amines is 1. The Balaban J connectivity index is 1.15. The SMILES string of the molecule is Cc1cccc(CN2C(=O)C(=Cc3ccc(C(=O)NCCc4c[nH]c5ccccc45)cc3)Sc3ccccc32)c1. The summed E-state index contributed by atoms with van der Waals surface area (Å²) in [6, 6.07) is 31.8. The lowest BCUT2D eigenvalue weighted by atomic mass is 10.1. The predicted molar refractivity (Wildman–Crippen MR) is 163 cm³/mol. The number of nitrogens with zero attached hydrogens (tertiary/aromatic N) is 1. The highest BCUT2D eigenvalue weighted by Crippen LogP contribution is 2.42. The molecule has 0 bridgehead atoms. The molecule has 6 heteroatoms. The molecule has 5 nitrogen and oxygen atoms in total. The number of H-pyrrole nitrogens is 1. The molecule has 0 radical (unpaired) electrons. The average Bonchev–Trinajstić information content (AvgIpc) is 3.38. The number of anilines is 1. The summed E-state index contributed by atoms with van der Waals surface area (Å²) in [6.45, 7) is 3.12. The Morgan fingerprint density at radius 3 is 2.60 bits per heavy atom. The van der Waals surface area contributed by atoms with E-state index in [4.69, 9.17) is 0 Å². The first-order valence-corrected chi connectivity index (χ1v) is 14.2. The average molecular weight is 544 g/mol. The molecule has 0 atom stereocenters. The van der Waals surface area contributed by atoms with E-state index in [9.17, 15) is 9.59 Å². The van der Waals surface area contributed by atoms with Gasteiger partial charge in [0.25, 0.3) is 11.8 Å². The fourth-order valence-corrected chi connectivity index (χ4v) is 6.10. The Morgan fingerprint density at radius 2 is 1.75 bits per heavy atom. The van der Waals surface area contributed by atoms with Crippen LogP contribution < -0.4 is 10.2 Å². The zero-order valence-corrected chi connectivity index (χ0v) is 23.0. The minimum Gasteiger partial charge on any atom is -0.361 e. The molecule has 0 aliphatic carbocycles. The second kappa shape index (κ2) is 11.3. The molecule has 0 unspecified atom stereocenters. The van der Waals surface area contributed by atoms with E-state index in [1.807, 2.05) is 90.0 Å². The minimum atomic E-state index is -0.111. The van der Waals surface area contributed by atoms with Gasteiger partial charge in [0, 0.05) is 34.1 Å². The van der Waals surface area contributed by atoms with Crippen molar-refractivity contribution in [3.8, 4) is 0 Å². The highest BCUT2D eigenvalue weighted by molar-refractivity contribution is 8.04. The number of carbonyl (C=O) groups is 2. The maximum absolute atomic E-state index is 13.6. The van der Waals surface area contributed by atoms with Gasteiger partial charge >= 0.3 is 0 Å². The highest BCUT2D eigenvalue weighted by Gasteiger charge is 2.29. The van der Waals surface area contributed by atoms with Crippen molar-refractivity contribution in [2.24, 2.45) is 0 Å². The van der Waals surface area contributed by atoms with E-state index in [1.54, 1.807) is 0 Å². The standard InChI is InChI=1S/C34H29N3O2S/c1-23-7-6-8-25(19-23)22-37-30-11-4-5-12-31(30)40-32(34(37)39)20-24-13-15-26(16-14-24)33(38)35-18-17-27-21-36-29-10-3-2-9-28(27)29/h2-16,19-21,36H,17-18,22H2,1H3,(H,35,38). The Bertz CT molecular complexity index is 1740. The number of hydrogen-bond acceptors (Lipinski definition) is 3. The van der Waals surface area contributed by atoms with Crippen LogP contribution in [0.15, 0.2) is 113 Å². The van der Waals surface area contributed by atoms with Crippen molar-refractivity contribution in [1.82, 2.24) is 10.3 Å². The molecule has 6 rings (SSSR count). The van der Waals surface area contributed by atoms with Gasteiger partial charge in [-0.25, -0.2) is 0 Å². The van der Waals surface area contributed by atoms with Crippen LogP contribution in [0, 0.1) is 6.92 Å². The van der Waals surface area contributed by atoms with Crippen molar-refractivity contribution < 1.29 is 9.59 Å². The number of aromatic nitrogens is 1. The summed E-state index contributed by atoms with van der Waals surface area (Å²) in [5.74, 6) is -0.135. The van der Waals surface area contributed by atoms with Crippen molar-refractivity contribution in [1.29, 1.82) is 0 Å². The van der Waals surface area contributed by atoms with Gasteiger partial charge < -0.3 is 15.2 Å². The molecule has 1 aliphatic rings. The number of rotatable bonds is 7. The summed E-state index contributed by atoms with van der Waals surface area (Å²) < 4.78 is 0. The number of thioether (sulfide) groups is 1. The lowest BCUT2D eigenvalue weighted by Gasteiger charge is -2.30. The van der Waals surface area contributed by atoms with Crippen molar-refractivity contribution in [2.75, 3.05) is 11.4 Å². The van der Waals surface area contributed by atoms with Crippen LogP contribution in [0.1, 0.15) is 32.6 Å². The topological polar surface area (TPSA) is 65.2 Å². The fraction of sp³-hybridized carbons (Fsp3) is 0.118. The molecule has 2 heterocycles. The van der Waals surface area contributed by atoms with Crippen LogP contribution in [0.4, 0.5) is 5.69 Å². The van der Waals surface area contributed by atoms with Crippen LogP contribution in [0.5, 0.6) is 0 Å². The number of fused-ring (bicyclic) bond motifs is 2. The Kier molecular flexibility index (Phi) is 7.25. The number of aryl methyl sites for hydroxylation is 1. The second-order valence-corrected chi connectivity index (χ2v) is 11.0. The van der Waals surface area contributed by atoms with Crippen LogP contribution in [-0.4, -0.2) is 23.3 Å². The first-order valence-electron chi connectivity index (χ1n) is 13.3. The molecule has 0 saturated carbocycles. The third kappa shape index (κ3) is 5.44. The molecule has 0 spiro atoms. The van der Waals surface area contributed by atoms with Crippen LogP contribution in [0.2, 0.25) is 0 Å². The Hall–Kier alpha value is -4.55. The monoisotopic (exact) mass is 543 g/mol. The van der Waals surface area contributed by atoms with E-state index < -0.39 is 0 Å². The molecule has 5 aromatic rings. The van der Waals surface area contributed by atoms with Gasteiger partial charge in [0.2, 0.25) is 0 Å². The van der Waals surface area contributed by atoms with E-state index in [-0.39, 0.29) is 11.8 Å². The molecule has 0 fully saturated rings. The number of carbonyl (C=O) groups excluding carboxylic acids is 2. The van der Waals surface area contributed by atoms with E-state index >= 15 is 0 Å². The molecule has 198 valence electrons. The first-order chi connectivity index (χ1) is 19.5. The van der Waals surface area contributed by atoms with Crippen LogP contribution >= 0.6 is 11.8 Å². The zero-order chi connectivity index (χ0) is 27.5. The summed E-state index contributed by atoms with van der Waals surface area (Å²) in [6.07, 6.45) is 4.66. The maximum Gasteiger partial charge on any atom is 0.265 e. The maximum atomic E-state index is 13.6. The van der Waals surface area contributed by atoms with E-state index in [0.29, 0.717) is 23.6 Å². The molecule has 2 amide bonds. The number of hydrogen-bond donors (Lipinski definition) is 2. The van der Waals surface area contributed by atoms with Gasteiger partial charge in [-0.15, -0.1) is 0 Å². The van der Waals surface area contributed by atoms with Crippen LogP contribution in [0.25, 0.3) is 17.0 Å². The van der Waals surface area contributed by atoms with Gasteiger partial charge in [-0.2, -0.15) is 0 Å². The summed E-state index contributed by atoms with van der Waals surface area (Å²) in [7, 11) is 0. The summed E-state index contributed by atoms with van der Waals surface area (Å²) >= 11 is 1.49. The van der Waals surface area contributed by atoms with Crippen molar-refractivity contribution >= 4 is 46.2 Å². The number of amides is 2. The number of nitrogens with one attached hydrogen (secondary N) is 2. The molecule has 2 N–H and O–H groups in total. The summed E-state index contributed by atoms with van der Waals surface area (Å²) in [4.78, 5) is 33.2. The van der Waals surface area contributed by atoms with Gasteiger partial charge in [0.05, 0.1) is 17.1 Å². The molecule has 1 aliphatic heterocycles. The van der Waals surface area contributed by atoms with Crippen molar-refractivity contribution in [2.45, 2.75) is 24.8 Å². The molecule has 40 heavy (non-hydrogen) atoms. The highest BCUT2D eigenvalue weighted by atomic mass is 32.2. The number of para-hydroxylation sites is 2. The third-order valence-electron chi connectivity index (χ3n) is 7.08. The first kappa shape index (κ1) is 25.7. The van der Waals surface area contributed by atoms with E-state index in [0.717, 1.165) is 33.6 Å². The van der Waals surface area contributed by atoms with E-state index in [1.165, 1.54) is 28.3 Å². The molecule has 1 aromatic heterocycles. The van der Waals surface area contributed by atoms with Gasteiger partial charge in [-0.3, -0.25) is 9.59 Å². The van der Waals surface area contributed by atoms with Gasteiger partial charge in [-0.1, -0.05) is 84.1 Å². The summed E-state index contributed by atoms with van der Waals surface area (Å²) in [5, 5.41) is 4.21. The smallest absolute Gasteiger partial charge is 0.265 e. The molecular formula is C34H29N3O2S. The van der Waals surface area contributed by atoms with Crippen LogP contribution in [0.3, 0.4) is 0 Å². The quantitative estimate of drug-likeness (QED) is 0.215. The largest absolute Gasteiger partial charge is 0.361 e. The van der Waals surface area contributed by atoms with Crippen LogP contribution in [-0.2, 0) is 17.8 Å². The van der Waals surface area contributed by atoms with Gasteiger partial charge in [0.15, 0.2) is 0 Å². The lowest BCUT2D eigenvalue weighted by Crippen LogP contribution is -2.33. The number of benzene rings is 4. The Morgan fingerprint density at radius 1 is 0.950 bits per heavy atom. The molecule has 0 saturated heterocycles. The molecule has 4 aromatic carbocycles. The normalized spacial score (nSPS) is 14.0. The molecular weight excluding hydrogens is 514 g/mol. The summed E-state index contributed by atoms with van der Waals surface area (Å²) in [5.41, 5.74) is 6.94. The Labute approximate surface area is 237 Å². The second-order valence-electron chi connectivity index (χ2n) is 9.95. The van der Waals surface area contributed by atoms with Gasteiger partial charge in [-0.05, 0) is 66.4 Å². The van der Waals surface area contributed by atoms with Crippen molar-refractivity contribution in [3.05, 3.63) is 136 Å². The fourth-order valence-electron chi connectivity index (χ4n) is 5.05. The lowest BCUT2D eigenvalue weighted by molar-refractivity contribution is -0.114. The predicted octanol–water partition coefficient (Wildman–Crippen LogP) is 7.13. The van der Waals surface area contributed by atoms with E-state index in [2.05, 4.69) is 41.5 Å². The van der Waals surface area contributed by atoms with Gasteiger partial charge in [0.1, 0.15) is 0 Å².